The third-order valence-electron chi connectivity index (χ3n) is 4.43. The molecule has 0 aromatic heterocycles. The Bertz CT molecular complexity index is 548. The van der Waals surface area contributed by atoms with Crippen molar-refractivity contribution in [2.24, 2.45) is 4.99 Å². The van der Waals surface area contributed by atoms with Crippen molar-refractivity contribution < 1.29 is 9.90 Å². The van der Waals surface area contributed by atoms with Crippen LogP contribution < -0.4 is 10.6 Å². The highest BCUT2D eigenvalue weighted by Gasteiger charge is 2.16. The summed E-state index contributed by atoms with van der Waals surface area (Å²) in [5.41, 5.74) is 1.08. The Kier molecular flexibility index (Phi) is 11.3. The minimum absolute atomic E-state index is 0. The van der Waals surface area contributed by atoms with Gasteiger partial charge in [0.05, 0.1) is 6.61 Å². The Morgan fingerprint density at radius 1 is 1.19 bits per heavy atom. The van der Waals surface area contributed by atoms with Crippen LogP contribution in [0.4, 0.5) is 0 Å². The van der Waals surface area contributed by atoms with E-state index >= 15 is 0 Å². The fraction of sp³-hybridized carbons (Fsp3) is 0.579. The Morgan fingerprint density at radius 2 is 1.88 bits per heavy atom. The normalized spacial score (nSPS) is 15.8. The van der Waals surface area contributed by atoms with E-state index in [-0.39, 0.29) is 49.0 Å². The maximum atomic E-state index is 12.2. The van der Waals surface area contributed by atoms with Gasteiger partial charge < -0.3 is 20.6 Å². The van der Waals surface area contributed by atoms with Gasteiger partial charge in [-0.3, -0.25) is 4.79 Å². The van der Waals surface area contributed by atoms with E-state index in [1.165, 1.54) is 6.42 Å². The molecule has 0 spiro atoms. The van der Waals surface area contributed by atoms with Crippen molar-refractivity contribution >= 4 is 35.8 Å². The molecule has 1 aliphatic rings. The molecule has 1 saturated heterocycles. The lowest BCUT2D eigenvalue weighted by Crippen LogP contribution is -2.42. The van der Waals surface area contributed by atoms with Crippen LogP contribution in [-0.4, -0.2) is 61.2 Å². The average molecular weight is 474 g/mol. The molecule has 1 heterocycles. The fourth-order valence-electron chi connectivity index (χ4n) is 2.96. The molecule has 1 fully saturated rings. The minimum Gasteiger partial charge on any atom is -0.396 e. The van der Waals surface area contributed by atoms with Crippen molar-refractivity contribution in [2.45, 2.75) is 32.1 Å². The number of carbonyl (C=O) groups is 1. The molecule has 1 aromatic rings. The molecule has 1 atom stereocenters. The van der Waals surface area contributed by atoms with Crippen LogP contribution in [0.5, 0.6) is 0 Å². The van der Waals surface area contributed by atoms with Gasteiger partial charge in [-0.05, 0) is 31.7 Å². The molecule has 1 amide bonds. The zero-order chi connectivity index (χ0) is 17.9. The zero-order valence-electron chi connectivity index (χ0n) is 15.5. The summed E-state index contributed by atoms with van der Waals surface area (Å²) in [6, 6.07) is 9.91. The SMILES string of the molecule is CCNC(=NCC(=O)N1CCCCC1)NCC(CO)c1ccccc1.I. The van der Waals surface area contributed by atoms with Gasteiger partial charge in [-0.25, -0.2) is 4.99 Å². The number of hydrogen-bond acceptors (Lipinski definition) is 3. The highest BCUT2D eigenvalue weighted by Crippen LogP contribution is 2.13. The van der Waals surface area contributed by atoms with Crippen molar-refractivity contribution in [3.63, 3.8) is 0 Å². The van der Waals surface area contributed by atoms with Crippen molar-refractivity contribution in [1.82, 2.24) is 15.5 Å². The van der Waals surface area contributed by atoms with E-state index in [1.807, 2.05) is 42.2 Å². The first-order chi connectivity index (χ1) is 12.2. The molecular formula is C19H31IN4O2. The number of aliphatic imine (C=N–C) groups is 1. The number of aliphatic hydroxyl groups is 1. The molecule has 0 saturated carbocycles. The van der Waals surface area contributed by atoms with E-state index in [0.717, 1.165) is 38.0 Å². The molecule has 0 radical (unpaired) electrons. The molecule has 6 nitrogen and oxygen atoms in total. The van der Waals surface area contributed by atoms with Gasteiger partial charge in [0.15, 0.2) is 5.96 Å². The van der Waals surface area contributed by atoms with Gasteiger partial charge in [0.2, 0.25) is 5.91 Å². The molecule has 1 aromatic carbocycles. The third kappa shape index (κ3) is 7.49. The van der Waals surface area contributed by atoms with Crippen LogP contribution in [0.1, 0.15) is 37.7 Å². The lowest BCUT2D eigenvalue weighted by atomic mass is 10.0. The van der Waals surface area contributed by atoms with E-state index in [4.69, 9.17) is 0 Å². The summed E-state index contributed by atoms with van der Waals surface area (Å²) >= 11 is 0. The minimum atomic E-state index is -0.0112. The Labute approximate surface area is 173 Å². The standard InChI is InChI=1S/C19H30N4O2.HI/c1-2-20-19(22-14-18(25)23-11-7-4-8-12-23)21-13-17(15-24)16-9-5-3-6-10-16;/h3,5-6,9-10,17,24H,2,4,7-8,11-15H2,1H3,(H2,20,21,22);1H. The number of benzene rings is 1. The fourth-order valence-corrected chi connectivity index (χ4v) is 2.96. The first kappa shape index (κ1) is 22.7. The summed E-state index contributed by atoms with van der Waals surface area (Å²) < 4.78 is 0. The number of nitrogens with one attached hydrogen (secondary N) is 2. The van der Waals surface area contributed by atoms with Gasteiger partial charge >= 0.3 is 0 Å². The lowest BCUT2D eigenvalue weighted by Gasteiger charge is -2.26. The number of guanidine groups is 1. The molecule has 7 heteroatoms. The van der Waals surface area contributed by atoms with Gasteiger partial charge in [0.25, 0.3) is 0 Å². The van der Waals surface area contributed by atoms with Gasteiger partial charge in [-0.15, -0.1) is 24.0 Å². The highest BCUT2D eigenvalue weighted by molar-refractivity contribution is 14.0. The van der Waals surface area contributed by atoms with Crippen LogP contribution in [0.3, 0.4) is 0 Å². The second kappa shape index (κ2) is 12.9. The van der Waals surface area contributed by atoms with Crippen LogP contribution in [0, 0.1) is 0 Å². The van der Waals surface area contributed by atoms with Gasteiger partial charge in [0, 0.05) is 32.1 Å². The first-order valence-electron chi connectivity index (χ1n) is 9.20. The maximum Gasteiger partial charge on any atom is 0.244 e. The molecule has 0 bridgehead atoms. The summed E-state index contributed by atoms with van der Waals surface area (Å²) in [5.74, 6) is 0.684. The zero-order valence-corrected chi connectivity index (χ0v) is 17.8. The van der Waals surface area contributed by atoms with Crippen molar-refractivity contribution in [1.29, 1.82) is 0 Å². The summed E-state index contributed by atoms with van der Waals surface area (Å²) in [6.07, 6.45) is 3.38. The molecular weight excluding hydrogens is 443 g/mol. The number of hydrogen-bond donors (Lipinski definition) is 3. The lowest BCUT2D eigenvalue weighted by molar-refractivity contribution is -0.130. The molecule has 1 aliphatic heterocycles. The number of piperidine rings is 1. The Morgan fingerprint density at radius 3 is 2.50 bits per heavy atom. The monoisotopic (exact) mass is 474 g/mol. The first-order valence-corrected chi connectivity index (χ1v) is 9.20. The molecule has 146 valence electrons. The quantitative estimate of drug-likeness (QED) is 0.321. The van der Waals surface area contributed by atoms with Crippen LogP contribution in [0.15, 0.2) is 35.3 Å². The summed E-state index contributed by atoms with van der Waals surface area (Å²) in [6.45, 7) is 5.18. The molecule has 26 heavy (non-hydrogen) atoms. The number of amides is 1. The number of likely N-dealkylation sites (tertiary alicyclic amines) is 1. The number of carbonyl (C=O) groups excluding carboxylic acids is 1. The van der Waals surface area contributed by atoms with Crippen molar-refractivity contribution in [3.8, 4) is 0 Å². The number of nitrogens with zero attached hydrogens (tertiary/aromatic N) is 2. The molecule has 0 aliphatic carbocycles. The second-order valence-corrected chi connectivity index (χ2v) is 6.31. The van der Waals surface area contributed by atoms with E-state index in [1.54, 1.807) is 0 Å². The predicted molar refractivity (Wildman–Crippen MR) is 116 cm³/mol. The highest BCUT2D eigenvalue weighted by atomic mass is 127. The van der Waals surface area contributed by atoms with Crippen LogP contribution in [-0.2, 0) is 4.79 Å². The largest absolute Gasteiger partial charge is 0.396 e. The smallest absolute Gasteiger partial charge is 0.244 e. The molecule has 1 unspecified atom stereocenters. The van der Waals surface area contributed by atoms with Gasteiger partial charge in [-0.2, -0.15) is 0 Å². The molecule has 2 rings (SSSR count). The Hall–Kier alpha value is -1.35. The van der Waals surface area contributed by atoms with E-state index in [9.17, 15) is 9.90 Å². The third-order valence-corrected chi connectivity index (χ3v) is 4.43. The average Bonchev–Trinajstić information content (AvgIpc) is 2.67. The second-order valence-electron chi connectivity index (χ2n) is 6.31. The number of rotatable bonds is 7. The van der Waals surface area contributed by atoms with Crippen LogP contribution in [0.2, 0.25) is 0 Å². The summed E-state index contributed by atoms with van der Waals surface area (Å²) in [4.78, 5) is 18.6. The van der Waals surface area contributed by atoms with E-state index in [2.05, 4.69) is 15.6 Å². The maximum absolute atomic E-state index is 12.2. The number of aliphatic hydroxyl groups excluding tert-OH is 1. The van der Waals surface area contributed by atoms with Crippen LogP contribution >= 0.6 is 24.0 Å². The van der Waals surface area contributed by atoms with Crippen LogP contribution in [0.25, 0.3) is 0 Å². The van der Waals surface area contributed by atoms with E-state index < -0.39 is 0 Å². The molecule has 3 N–H and O–H groups in total. The summed E-state index contributed by atoms with van der Waals surface area (Å²) in [5, 5.41) is 16.0. The number of halogens is 1. The summed E-state index contributed by atoms with van der Waals surface area (Å²) in [7, 11) is 0. The van der Waals surface area contributed by atoms with Crippen molar-refractivity contribution in [3.05, 3.63) is 35.9 Å². The predicted octanol–water partition coefficient (Wildman–Crippen LogP) is 1.95. The Balaban J connectivity index is 0.00000338. The topological polar surface area (TPSA) is 77.0 Å². The van der Waals surface area contributed by atoms with Gasteiger partial charge in [-0.1, -0.05) is 30.3 Å². The van der Waals surface area contributed by atoms with Gasteiger partial charge in [0.1, 0.15) is 6.54 Å². The van der Waals surface area contributed by atoms with E-state index in [0.29, 0.717) is 12.5 Å². The van der Waals surface area contributed by atoms with Crippen molar-refractivity contribution in [2.75, 3.05) is 39.3 Å².